The van der Waals surface area contributed by atoms with Gasteiger partial charge in [-0.2, -0.15) is 0 Å². The summed E-state index contributed by atoms with van der Waals surface area (Å²) in [6.07, 6.45) is -1.81. The predicted molar refractivity (Wildman–Crippen MR) is 46.2 cm³/mol. The van der Waals surface area contributed by atoms with Gasteiger partial charge in [-0.25, -0.2) is 18.6 Å². The lowest BCUT2D eigenvalue weighted by molar-refractivity contribution is 0.0690. The predicted octanol–water partition coefficient (Wildman–Crippen LogP) is 0.515. The molecule has 0 spiro atoms. The van der Waals surface area contributed by atoms with E-state index in [-0.39, 0.29) is 5.69 Å². The number of aromatic carboxylic acids is 1. The van der Waals surface area contributed by atoms with Crippen LogP contribution in [0.3, 0.4) is 0 Å². The summed E-state index contributed by atoms with van der Waals surface area (Å²) in [4.78, 5) is 25.6. The Hall–Kier alpha value is -1.79. The summed E-state index contributed by atoms with van der Waals surface area (Å²) in [6, 6.07) is 0. The van der Waals surface area contributed by atoms with Crippen molar-refractivity contribution >= 4 is 5.97 Å². The molecule has 0 aromatic carbocycles. The molecular weight excluding hydrogens is 210 g/mol. The number of nitrogens with zero attached hydrogens (tertiary/aromatic N) is 2. The van der Waals surface area contributed by atoms with Gasteiger partial charge in [0.1, 0.15) is 5.56 Å². The van der Waals surface area contributed by atoms with E-state index >= 15 is 0 Å². The summed E-state index contributed by atoms with van der Waals surface area (Å²) in [7, 11) is 0. The lowest BCUT2D eigenvalue weighted by Gasteiger charge is -2.06. The zero-order chi connectivity index (χ0) is 11.6. The fourth-order valence-electron chi connectivity index (χ4n) is 1.10. The van der Waals surface area contributed by atoms with Crippen molar-refractivity contribution in [1.29, 1.82) is 0 Å². The highest BCUT2D eigenvalue weighted by atomic mass is 19.3. The highest BCUT2D eigenvalue weighted by Crippen LogP contribution is 2.00. The minimum absolute atomic E-state index is 0.0121. The average molecular weight is 218 g/mol. The van der Waals surface area contributed by atoms with Crippen LogP contribution >= 0.6 is 0 Å². The first-order valence-electron chi connectivity index (χ1n) is 4.01. The molecule has 1 rings (SSSR count). The summed E-state index contributed by atoms with van der Waals surface area (Å²) in [5.41, 5.74) is -1.52. The zero-order valence-electron chi connectivity index (χ0n) is 7.78. The molecule has 1 heterocycles. The Kier molecular flexibility index (Phi) is 3.13. The third-order valence-electron chi connectivity index (χ3n) is 1.78. The Morgan fingerprint density at radius 1 is 1.67 bits per heavy atom. The second-order valence-corrected chi connectivity index (χ2v) is 2.86. The molecule has 1 aromatic heterocycles. The van der Waals surface area contributed by atoms with Crippen LogP contribution in [0.2, 0.25) is 0 Å². The van der Waals surface area contributed by atoms with Crippen molar-refractivity contribution in [2.75, 3.05) is 0 Å². The van der Waals surface area contributed by atoms with Gasteiger partial charge in [0.05, 0.1) is 18.6 Å². The maximum Gasteiger partial charge on any atom is 0.343 e. The van der Waals surface area contributed by atoms with E-state index in [1.807, 2.05) is 0 Å². The molecule has 0 aliphatic rings. The van der Waals surface area contributed by atoms with E-state index < -0.39 is 30.1 Å². The van der Waals surface area contributed by atoms with Crippen LogP contribution < -0.4 is 5.56 Å². The highest BCUT2D eigenvalue weighted by Gasteiger charge is 2.17. The smallest absolute Gasteiger partial charge is 0.343 e. The van der Waals surface area contributed by atoms with Crippen LogP contribution in [0.1, 0.15) is 16.1 Å². The van der Waals surface area contributed by atoms with Crippen LogP contribution in [0.4, 0.5) is 8.78 Å². The molecule has 7 heteroatoms. The molecule has 0 atom stereocenters. The van der Waals surface area contributed by atoms with Gasteiger partial charge < -0.3 is 5.11 Å². The third-order valence-corrected chi connectivity index (χ3v) is 1.78. The van der Waals surface area contributed by atoms with E-state index in [1.165, 1.54) is 6.92 Å². The van der Waals surface area contributed by atoms with Gasteiger partial charge >= 0.3 is 5.97 Å². The fraction of sp³-hybridized carbons (Fsp3) is 0.375. The zero-order valence-corrected chi connectivity index (χ0v) is 7.78. The van der Waals surface area contributed by atoms with Crippen LogP contribution in [0, 0.1) is 6.92 Å². The molecule has 0 amide bonds. The van der Waals surface area contributed by atoms with E-state index in [4.69, 9.17) is 5.11 Å². The summed E-state index contributed by atoms with van der Waals surface area (Å²) < 4.78 is 24.6. The maximum atomic E-state index is 12.0. The Morgan fingerprint density at radius 2 is 2.27 bits per heavy atom. The van der Waals surface area contributed by atoms with E-state index in [1.54, 1.807) is 0 Å². The summed E-state index contributed by atoms with van der Waals surface area (Å²) >= 11 is 0. The number of carboxylic acid groups (broad SMARTS) is 1. The van der Waals surface area contributed by atoms with Crippen LogP contribution in [-0.4, -0.2) is 27.1 Å². The van der Waals surface area contributed by atoms with Gasteiger partial charge in [-0.3, -0.25) is 9.36 Å². The number of rotatable bonds is 3. The Labute approximate surface area is 83.0 Å². The second-order valence-electron chi connectivity index (χ2n) is 2.86. The fourth-order valence-corrected chi connectivity index (χ4v) is 1.10. The average Bonchev–Trinajstić information content (AvgIpc) is 2.09. The molecule has 0 aliphatic heterocycles. The molecule has 0 unspecified atom stereocenters. The second kappa shape index (κ2) is 4.16. The number of halogens is 2. The van der Waals surface area contributed by atoms with Crippen LogP contribution in [0.5, 0.6) is 0 Å². The Morgan fingerprint density at radius 3 is 2.73 bits per heavy atom. The number of carbonyl (C=O) groups is 1. The molecule has 0 saturated heterocycles. The van der Waals surface area contributed by atoms with Gasteiger partial charge in [0.2, 0.25) is 0 Å². The summed E-state index contributed by atoms with van der Waals surface area (Å²) in [5, 5.41) is 8.66. The maximum absolute atomic E-state index is 12.0. The lowest BCUT2D eigenvalue weighted by Crippen LogP contribution is -2.30. The molecule has 0 radical (unpaired) electrons. The Bertz CT molecular complexity index is 442. The van der Waals surface area contributed by atoms with Gasteiger partial charge in [0.25, 0.3) is 12.0 Å². The van der Waals surface area contributed by atoms with Crippen LogP contribution in [-0.2, 0) is 6.54 Å². The van der Waals surface area contributed by atoms with Gasteiger partial charge in [0, 0.05) is 0 Å². The van der Waals surface area contributed by atoms with Crippen LogP contribution in [0.15, 0.2) is 11.1 Å². The largest absolute Gasteiger partial charge is 0.477 e. The van der Waals surface area contributed by atoms with Gasteiger partial charge in [-0.1, -0.05) is 0 Å². The topological polar surface area (TPSA) is 72.2 Å². The molecule has 0 bridgehead atoms. The van der Waals surface area contributed by atoms with Gasteiger partial charge in [-0.05, 0) is 6.92 Å². The first kappa shape index (κ1) is 11.3. The molecule has 1 aromatic rings. The Balaban J connectivity index is 3.29. The molecule has 5 nitrogen and oxygen atoms in total. The molecule has 82 valence electrons. The van der Waals surface area contributed by atoms with Crippen molar-refractivity contribution in [3.8, 4) is 0 Å². The van der Waals surface area contributed by atoms with Crippen molar-refractivity contribution in [3.05, 3.63) is 27.9 Å². The van der Waals surface area contributed by atoms with E-state index in [9.17, 15) is 18.4 Å². The standard InChI is InChI=1S/C8H8F2N2O3/c1-4-6(8(14)15)7(13)12(3-11-4)2-5(9)10/h3,5H,2H2,1H3,(H,14,15). The lowest BCUT2D eigenvalue weighted by atomic mass is 10.2. The number of hydrogen-bond acceptors (Lipinski definition) is 3. The first-order chi connectivity index (χ1) is 6.93. The minimum Gasteiger partial charge on any atom is -0.477 e. The number of carboxylic acids is 1. The van der Waals surface area contributed by atoms with Crippen molar-refractivity contribution in [2.45, 2.75) is 19.9 Å². The number of hydrogen-bond donors (Lipinski definition) is 1. The van der Waals surface area contributed by atoms with Gasteiger partial charge in [-0.15, -0.1) is 0 Å². The van der Waals surface area contributed by atoms with Gasteiger partial charge in [0.15, 0.2) is 0 Å². The summed E-state index contributed by atoms with van der Waals surface area (Å²) in [5.74, 6) is -1.46. The normalized spacial score (nSPS) is 10.7. The van der Waals surface area contributed by atoms with Crippen molar-refractivity contribution < 1.29 is 18.7 Å². The minimum atomic E-state index is -2.73. The molecule has 0 aliphatic carbocycles. The SMILES string of the molecule is Cc1ncn(CC(F)F)c(=O)c1C(=O)O. The quantitative estimate of drug-likeness (QED) is 0.802. The van der Waals surface area contributed by atoms with Crippen molar-refractivity contribution in [2.24, 2.45) is 0 Å². The van der Waals surface area contributed by atoms with Crippen LogP contribution in [0.25, 0.3) is 0 Å². The van der Waals surface area contributed by atoms with Crippen molar-refractivity contribution in [3.63, 3.8) is 0 Å². The first-order valence-corrected chi connectivity index (χ1v) is 4.01. The number of aryl methyl sites for hydroxylation is 1. The molecule has 0 fully saturated rings. The van der Waals surface area contributed by atoms with E-state index in [2.05, 4.69) is 4.98 Å². The van der Waals surface area contributed by atoms with E-state index in [0.717, 1.165) is 6.33 Å². The molecule has 1 N–H and O–H groups in total. The summed E-state index contributed by atoms with van der Waals surface area (Å²) in [6.45, 7) is 0.476. The number of alkyl halides is 2. The molecular formula is C8H8F2N2O3. The molecule has 15 heavy (non-hydrogen) atoms. The number of aromatic nitrogens is 2. The highest BCUT2D eigenvalue weighted by molar-refractivity contribution is 5.88. The van der Waals surface area contributed by atoms with E-state index in [0.29, 0.717) is 4.57 Å². The van der Waals surface area contributed by atoms with Crippen molar-refractivity contribution in [1.82, 2.24) is 9.55 Å². The third kappa shape index (κ3) is 2.36. The molecule has 0 saturated carbocycles. The monoisotopic (exact) mass is 218 g/mol.